The standard InChI is InChI=1S/C23H21N3/c1-2-6-19(7-3-1)16-26(17-20-12-14-24-15-13-20)18-22-11-10-21-8-4-5-9-23(21)25-22/h1-15H,16-18H2. The SMILES string of the molecule is c1ccc(CN(Cc2ccncc2)Cc2ccc3ccccc3n2)cc1. The van der Waals surface area contributed by atoms with Crippen LogP contribution in [0.25, 0.3) is 10.9 Å². The van der Waals surface area contributed by atoms with E-state index in [-0.39, 0.29) is 0 Å². The van der Waals surface area contributed by atoms with Gasteiger partial charge < -0.3 is 0 Å². The highest BCUT2D eigenvalue weighted by molar-refractivity contribution is 5.78. The number of pyridine rings is 2. The molecule has 0 aliphatic heterocycles. The summed E-state index contributed by atoms with van der Waals surface area (Å²) < 4.78 is 0. The topological polar surface area (TPSA) is 29.0 Å². The molecule has 2 aromatic carbocycles. The third-order valence-corrected chi connectivity index (χ3v) is 4.45. The first kappa shape index (κ1) is 16.4. The molecule has 0 fully saturated rings. The van der Waals surface area contributed by atoms with Gasteiger partial charge >= 0.3 is 0 Å². The average molecular weight is 339 g/mol. The molecule has 0 saturated carbocycles. The quantitative estimate of drug-likeness (QED) is 0.504. The van der Waals surface area contributed by atoms with Crippen molar-refractivity contribution in [2.45, 2.75) is 19.6 Å². The highest BCUT2D eigenvalue weighted by Crippen LogP contribution is 2.16. The van der Waals surface area contributed by atoms with Gasteiger partial charge in [-0.25, -0.2) is 0 Å². The van der Waals surface area contributed by atoms with Crippen molar-refractivity contribution in [2.24, 2.45) is 0 Å². The van der Waals surface area contributed by atoms with Gasteiger partial charge in [0.15, 0.2) is 0 Å². The third kappa shape index (κ3) is 4.13. The van der Waals surface area contributed by atoms with Crippen molar-refractivity contribution in [1.82, 2.24) is 14.9 Å². The molecule has 2 heterocycles. The first-order chi connectivity index (χ1) is 12.9. The molecule has 0 radical (unpaired) electrons. The van der Waals surface area contributed by atoms with Crippen LogP contribution in [0.3, 0.4) is 0 Å². The lowest BCUT2D eigenvalue weighted by atomic mass is 10.1. The molecule has 26 heavy (non-hydrogen) atoms. The van der Waals surface area contributed by atoms with Crippen molar-refractivity contribution in [3.05, 3.63) is 108 Å². The maximum Gasteiger partial charge on any atom is 0.0705 e. The molecule has 3 nitrogen and oxygen atoms in total. The minimum atomic E-state index is 0.808. The molecule has 3 heteroatoms. The summed E-state index contributed by atoms with van der Waals surface area (Å²) in [6.45, 7) is 2.56. The second-order valence-corrected chi connectivity index (χ2v) is 6.48. The van der Waals surface area contributed by atoms with Crippen LogP contribution in [0, 0.1) is 0 Å². The van der Waals surface area contributed by atoms with Gasteiger partial charge in [-0.3, -0.25) is 14.9 Å². The summed E-state index contributed by atoms with van der Waals surface area (Å²) in [6.07, 6.45) is 3.70. The van der Waals surface area contributed by atoms with E-state index in [9.17, 15) is 0 Å². The van der Waals surface area contributed by atoms with E-state index in [2.05, 4.69) is 82.7 Å². The van der Waals surface area contributed by atoms with Crippen molar-refractivity contribution in [2.75, 3.05) is 0 Å². The molecule has 0 bridgehead atoms. The number of hydrogen-bond donors (Lipinski definition) is 0. The van der Waals surface area contributed by atoms with E-state index in [1.165, 1.54) is 16.5 Å². The smallest absolute Gasteiger partial charge is 0.0705 e. The Morgan fingerprint density at radius 3 is 2.12 bits per heavy atom. The van der Waals surface area contributed by atoms with E-state index < -0.39 is 0 Å². The van der Waals surface area contributed by atoms with Crippen molar-refractivity contribution >= 4 is 10.9 Å². The van der Waals surface area contributed by atoms with Crippen LogP contribution in [0.5, 0.6) is 0 Å². The van der Waals surface area contributed by atoms with Gasteiger partial charge in [0.25, 0.3) is 0 Å². The lowest BCUT2D eigenvalue weighted by Crippen LogP contribution is -2.23. The van der Waals surface area contributed by atoms with Crippen LogP contribution >= 0.6 is 0 Å². The van der Waals surface area contributed by atoms with E-state index >= 15 is 0 Å². The van der Waals surface area contributed by atoms with Crippen LogP contribution in [0.15, 0.2) is 91.3 Å². The predicted molar refractivity (Wildman–Crippen MR) is 105 cm³/mol. The zero-order chi connectivity index (χ0) is 17.6. The summed E-state index contributed by atoms with van der Waals surface area (Å²) in [5.41, 5.74) is 4.71. The summed E-state index contributed by atoms with van der Waals surface area (Å²) in [5, 5.41) is 1.18. The van der Waals surface area contributed by atoms with Gasteiger partial charge in [-0.2, -0.15) is 0 Å². The molecule has 2 aromatic heterocycles. The van der Waals surface area contributed by atoms with Crippen LogP contribution in [0.4, 0.5) is 0 Å². The third-order valence-electron chi connectivity index (χ3n) is 4.45. The molecule has 0 atom stereocenters. The van der Waals surface area contributed by atoms with Crippen molar-refractivity contribution in [3.63, 3.8) is 0 Å². The monoisotopic (exact) mass is 339 g/mol. The fourth-order valence-electron chi connectivity index (χ4n) is 3.18. The Balaban J connectivity index is 1.58. The molecule has 0 aliphatic rings. The minimum absolute atomic E-state index is 0.808. The summed E-state index contributed by atoms with van der Waals surface area (Å²) in [4.78, 5) is 11.4. The van der Waals surface area contributed by atoms with Crippen LogP contribution in [0.1, 0.15) is 16.8 Å². The zero-order valence-corrected chi connectivity index (χ0v) is 14.6. The normalized spacial score (nSPS) is 11.1. The molecule has 0 unspecified atom stereocenters. The van der Waals surface area contributed by atoms with Gasteiger partial charge in [0.2, 0.25) is 0 Å². The molecule has 0 amide bonds. The summed E-state index contributed by atoms with van der Waals surface area (Å²) in [6, 6.07) is 27.3. The summed E-state index contributed by atoms with van der Waals surface area (Å²) in [7, 11) is 0. The molecule has 0 N–H and O–H groups in total. The number of benzene rings is 2. The average Bonchev–Trinajstić information content (AvgIpc) is 2.69. The highest BCUT2D eigenvalue weighted by atomic mass is 15.1. The van der Waals surface area contributed by atoms with Gasteiger partial charge in [0, 0.05) is 37.4 Å². The Labute approximate surface area is 154 Å². The van der Waals surface area contributed by atoms with Gasteiger partial charge in [0.05, 0.1) is 11.2 Å². The molecule has 4 rings (SSSR count). The molecule has 4 aromatic rings. The van der Waals surface area contributed by atoms with Gasteiger partial charge in [-0.1, -0.05) is 54.6 Å². The number of para-hydroxylation sites is 1. The Morgan fingerprint density at radius 2 is 1.31 bits per heavy atom. The molecular formula is C23H21N3. The Bertz CT molecular complexity index is 927. The first-order valence-corrected chi connectivity index (χ1v) is 8.87. The Morgan fingerprint density at radius 1 is 0.615 bits per heavy atom. The fraction of sp³-hybridized carbons (Fsp3) is 0.130. The van der Waals surface area contributed by atoms with Crippen LogP contribution in [-0.2, 0) is 19.6 Å². The number of nitrogens with zero attached hydrogens (tertiary/aromatic N) is 3. The summed E-state index contributed by atoms with van der Waals surface area (Å²) in [5.74, 6) is 0. The number of rotatable bonds is 6. The molecule has 0 spiro atoms. The van der Waals surface area contributed by atoms with E-state index in [1.807, 2.05) is 18.5 Å². The predicted octanol–water partition coefficient (Wildman–Crippen LogP) is 4.83. The summed E-state index contributed by atoms with van der Waals surface area (Å²) >= 11 is 0. The van der Waals surface area contributed by atoms with Crippen molar-refractivity contribution in [1.29, 1.82) is 0 Å². The van der Waals surface area contributed by atoms with Crippen molar-refractivity contribution < 1.29 is 0 Å². The second kappa shape index (κ2) is 7.89. The second-order valence-electron chi connectivity index (χ2n) is 6.48. The van der Waals surface area contributed by atoms with Crippen LogP contribution in [0.2, 0.25) is 0 Å². The van der Waals surface area contributed by atoms with E-state index in [0.717, 1.165) is 30.8 Å². The van der Waals surface area contributed by atoms with Crippen LogP contribution in [-0.4, -0.2) is 14.9 Å². The largest absolute Gasteiger partial charge is 0.289 e. The van der Waals surface area contributed by atoms with Crippen molar-refractivity contribution in [3.8, 4) is 0 Å². The van der Waals surface area contributed by atoms with Gasteiger partial charge in [-0.05, 0) is 35.4 Å². The number of fused-ring (bicyclic) bond motifs is 1. The Hall–Kier alpha value is -3.04. The fourth-order valence-corrected chi connectivity index (χ4v) is 3.18. The Kier molecular flexibility index (Phi) is 4.99. The highest BCUT2D eigenvalue weighted by Gasteiger charge is 2.10. The van der Waals surface area contributed by atoms with E-state index in [1.54, 1.807) is 0 Å². The van der Waals surface area contributed by atoms with Crippen LogP contribution < -0.4 is 0 Å². The number of hydrogen-bond acceptors (Lipinski definition) is 3. The molecular weight excluding hydrogens is 318 g/mol. The van der Waals surface area contributed by atoms with Gasteiger partial charge in [0.1, 0.15) is 0 Å². The van der Waals surface area contributed by atoms with E-state index in [0.29, 0.717) is 0 Å². The molecule has 0 saturated heterocycles. The lowest BCUT2D eigenvalue weighted by molar-refractivity contribution is 0.245. The lowest BCUT2D eigenvalue weighted by Gasteiger charge is -2.22. The van der Waals surface area contributed by atoms with Gasteiger partial charge in [-0.15, -0.1) is 0 Å². The minimum Gasteiger partial charge on any atom is -0.289 e. The maximum absolute atomic E-state index is 4.84. The first-order valence-electron chi connectivity index (χ1n) is 8.87. The number of aromatic nitrogens is 2. The maximum atomic E-state index is 4.84. The zero-order valence-electron chi connectivity index (χ0n) is 14.6. The molecule has 128 valence electrons. The molecule has 0 aliphatic carbocycles. The van der Waals surface area contributed by atoms with E-state index in [4.69, 9.17) is 4.98 Å².